The molecule has 7 aliphatic rings. The minimum absolute atomic E-state index is 0.0553. The largest absolute Gasteiger partial charge is 0.401 e. The van der Waals surface area contributed by atoms with Gasteiger partial charge in [-0.15, -0.1) is 0 Å². The van der Waals surface area contributed by atoms with Gasteiger partial charge in [-0.25, -0.2) is 0 Å². The molecular weight excluding hydrogens is 623 g/mol. The normalized spacial score (nSPS) is 50.8. The number of rotatable bonds is 7. The van der Waals surface area contributed by atoms with E-state index < -0.39 is 36.8 Å². The average Bonchev–Trinajstić information content (AvgIpc) is 3.61. The summed E-state index contributed by atoms with van der Waals surface area (Å²) in [5.74, 6) is 1.44. The Kier molecular flexibility index (Phi) is 8.60. The van der Waals surface area contributed by atoms with E-state index >= 15 is 0 Å². The third kappa shape index (κ3) is 5.06. The van der Waals surface area contributed by atoms with E-state index in [0.29, 0.717) is 24.4 Å². The third-order valence-corrected chi connectivity index (χ3v) is 16.0. The molecule has 7 fully saturated rings. The zero-order valence-corrected chi connectivity index (χ0v) is 30.6. The molecule has 0 aromatic heterocycles. The molecule has 2 saturated heterocycles. The number of nitrogens with zero attached hydrogens (tertiary/aromatic N) is 1. The molecule has 0 bridgehead atoms. The van der Waals surface area contributed by atoms with Crippen molar-refractivity contribution >= 4 is 0 Å². The lowest BCUT2D eigenvalue weighted by Crippen LogP contribution is -2.60. The fraction of sp³-hybridized carbons (Fsp3) is 1.00. The molecule has 276 valence electrons. The molecule has 48 heavy (non-hydrogen) atoms. The number of alkyl halides is 3. The Balaban J connectivity index is 1.11. The molecule has 7 rings (SSSR count). The summed E-state index contributed by atoms with van der Waals surface area (Å²) in [6.07, 6.45) is 1.81. The van der Waals surface area contributed by atoms with Gasteiger partial charge in [0.2, 0.25) is 0 Å². The van der Waals surface area contributed by atoms with E-state index in [9.17, 15) is 23.4 Å². The fourth-order valence-corrected chi connectivity index (χ4v) is 14.0. The van der Waals surface area contributed by atoms with Gasteiger partial charge in [0, 0.05) is 25.1 Å². The fourth-order valence-electron chi connectivity index (χ4n) is 14.0. The predicted octanol–water partition coefficient (Wildman–Crippen LogP) is 6.58. The van der Waals surface area contributed by atoms with Gasteiger partial charge in [0.15, 0.2) is 6.29 Å². The van der Waals surface area contributed by atoms with Crippen LogP contribution in [0.5, 0.6) is 0 Å². The summed E-state index contributed by atoms with van der Waals surface area (Å²) in [5, 5.41) is 23.6. The van der Waals surface area contributed by atoms with Gasteiger partial charge >= 0.3 is 6.18 Å². The van der Waals surface area contributed by atoms with E-state index in [1.54, 1.807) is 13.8 Å². The van der Waals surface area contributed by atoms with Crippen LogP contribution in [0.3, 0.4) is 0 Å². The lowest BCUT2D eigenvalue weighted by molar-refractivity contribution is -0.255. The Morgan fingerprint density at radius 1 is 1.00 bits per heavy atom. The summed E-state index contributed by atoms with van der Waals surface area (Å²) >= 11 is 0. The van der Waals surface area contributed by atoms with Crippen molar-refractivity contribution in [1.82, 2.24) is 4.90 Å². The summed E-state index contributed by atoms with van der Waals surface area (Å²) in [5.41, 5.74) is -1.13. The Labute approximate surface area is 286 Å². The van der Waals surface area contributed by atoms with E-state index in [2.05, 4.69) is 34.6 Å². The number of hydrogen-bond donors (Lipinski definition) is 2. The van der Waals surface area contributed by atoms with Crippen LogP contribution in [0.1, 0.15) is 107 Å². The molecular formula is C38H62F3NO6. The summed E-state index contributed by atoms with van der Waals surface area (Å²) in [7, 11) is 0. The van der Waals surface area contributed by atoms with E-state index in [0.717, 1.165) is 38.5 Å². The smallest absolute Gasteiger partial charge is 0.390 e. The lowest BCUT2D eigenvalue weighted by atomic mass is 9.41. The van der Waals surface area contributed by atoms with Gasteiger partial charge in [0.25, 0.3) is 0 Å². The molecule has 0 radical (unpaired) electrons. The Hall–Kier alpha value is -0.490. The SMILES string of the molecule is CCO[C@@H]([C@H]1C[C@@H](C)[C@H]2[C@H](O1)[C@H](O)[C@@]1(C)[C@@H]3CC[C@H]4C(C)(C)[C@@H](O[C@H]5CN(CC(F)(F)F)CCO5)CC[C@@]45C[C@@]35CC[C@]21C)C(C)(C)O. The molecule has 5 aliphatic carbocycles. The molecule has 0 aromatic carbocycles. The molecule has 2 spiro atoms. The van der Waals surface area contributed by atoms with E-state index in [-0.39, 0.29) is 71.0 Å². The van der Waals surface area contributed by atoms with Crippen LogP contribution in [-0.4, -0.2) is 96.5 Å². The number of halogens is 3. The predicted molar refractivity (Wildman–Crippen MR) is 175 cm³/mol. The number of morpholine rings is 1. The van der Waals surface area contributed by atoms with Crippen LogP contribution >= 0.6 is 0 Å². The van der Waals surface area contributed by atoms with E-state index in [1.807, 2.05) is 6.92 Å². The zero-order valence-electron chi connectivity index (χ0n) is 30.6. The highest BCUT2D eigenvalue weighted by atomic mass is 19.4. The molecule has 5 saturated carbocycles. The first-order valence-electron chi connectivity index (χ1n) is 19.0. The van der Waals surface area contributed by atoms with Crippen molar-refractivity contribution in [3.05, 3.63) is 0 Å². The highest BCUT2D eigenvalue weighted by Gasteiger charge is 2.84. The van der Waals surface area contributed by atoms with Gasteiger partial charge in [-0.1, -0.05) is 34.6 Å². The summed E-state index contributed by atoms with van der Waals surface area (Å²) in [6.45, 7) is 17.6. The van der Waals surface area contributed by atoms with Gasteiger partial charge in [-0.2, -0.15) is 13.2 Å². The first kappa shape index (κ1) is 35.9. The summed E-state index contributed by atoms with van der Waals surface area (Å²) in [6, 6.07) is 0. The molecule has 2 aliphatic heterocycles. The summed E-state index contributed by atoms with van der Waals surface area (Å²) < 4.78 is 64.9. The molecule has 14 atom stereocenters. The highest BCUT2D eigenvalue weighted by molar-refractivity contribution is 5.33. The standard InChI is InChI=1S/C38H62F3NO6/c1-9-45-31(33(5,6)44)23-18-22(2)28-29(47-23)30(43)35(8)25-11-10-24-32(3,4)26(48-27-19-42(16-17-46-27)21-38(39,40)41)12-13-36(24)20-37(25,36)15-14-34(28,35)7/h22-31,43-44H,9-21H2,1-8H3/t22-,23-,24+,25+,26+,27+,28+,29+,30+,31+,34-,35-,36-,37+/m1/s1. The van der Waals surface area contributed by atoms with Crippen LogP contribution < -0.4 is 0 Å². The monoisotopic (exact) mass is 685 g/mol. The molecule has 2 N–H and O–H groups in total. The lowest BCUT2D eigenvalue weighted by Gasteiger charge is -2.64. The maximum atomic E-state index is 13.1. The van der Waals surface area contributed by atoms with Gasteiger partial charge in [-0.05, 0) is 117 Å². The van der Waals surface area contributed by atoms with Gasteiger partial charge < -0.3 is 29.2 Å². The molecule has 0 aromatic rings. The number of ether oxygens (including phenoxy) is 4. The second-order valence-corrected chi connectivity index (χ2v) is 18.9. The Bertz CT molecular complexity index is 1230. The second-order valence-electron chi connectivity index (χ2n) is 18.9. The van der Waals surface area contributed by atoms with Crippen molar-refractivity contribution in [3.63, 3.8) is 0 Å². The third-order valence-electron chi connectivity index (χ3n) is 16.0. The number of hydrogen-bond acceptors (Lipinski definition) is 7. The molecule has 0 amide bonds. The molecule has 10 heteroatoms. The van der Waals surface area contributed by atoms with E-state index in [1.165, 1.54) is 17.7 Å². The number of aliphatic hydroxyl groups is 2. The molecule has 7 nitrogen and oxygen atoms in total. The van der Waals surface area contributed by atoms with E-state index in [4.69, 9.17) is 18.9 Å². The van der Waals surface area contributed by atoms with Crippen molar-refractivity contribution < 1.29 is 42.3 Å². The highest BCUT2D eigenvalue weighted by Crippen LogP contribution is 2.89. The van der Waals surface area contributed by atoms with Gasteiger partial charge in [-0.3, -0.25) is 4.90 Å². The van der Waals surface area contributed by atoms with Crippen molar-refractivity contribution in [3.8, 4) is 0 Å². The first-order valence-corrected chi connectivity index (χ1v) is 19.0. The van der Waals surface area contributed by atoms with Crippen LogP contribution in [0.15, 0.2) is 0 Å². The van der Waals surface area contributed by atoms with Crippen LogP contribution in [-0.2, 0) is 18.9 Å². The zero-order chi connectivity index (χ0) is 34.9. The average molecular weight is 686 g/mol. The van der Waals surface area contributed by atoms with Crippen molar-refractivity contribution in [2.75, 3.05) is 32.8 Å². The summed E-state index contributed by atoms with van der Waals surface area (Å²) in [4.78, 5) is 1.41. The Morgan fingerprint density at radius 3 is 2.35 bits per heavy atom. The Morgan fingerprint density at radius 2 is 1.69 bits per heavy atom. The maximum absolute atomic E-state index is 13.1. The number of aliphatic hydroxyl groups excluding tert-OH is 1. The minimum atomic E-state index is -4.23. The quantitative estimate of drug-likeness (QED) is 0.314. The van der Waals surface area contributed by atoms with Crippen LogP contribution in [0, 0.1) is 50.7 Å². The second kappa shape index (κ2) is 11.5. The maximum Gasteiger partial charge on any atom is 0.401 e. The minimum Gasteiger partial charge on any atom is -0.390 e. The number of fused-ring (bicyclic) bond motifs is 4. The topological polar surface area (TPSA) is 80.6 Å². The van der Waals surface area contributed by atoms with Crippen molar-refractivity contribution in [2.45, 2.75) is 155 Å². The molecule has 0 unspecified atom stereocenters. The van der Waals surface area contributed by atoms with Crippen LogP contribution in [0.25, 0.3) is 0 Å². The van der Waals surface area contributed by atoms with Gasteiger partial charge in [0.1, 0.15) is 6.10 Å². The molecule has 2 heterocycles. The van der Waals surface area contributed by atoms with Crippen LogP contribution in [0.4, 0.5) is 13.2 Å². The first-order chi connectivity index (χ1) is 22.2. The van der Waals surface area contributed by atoms with Gasteiger partial charge in [0.05, 0.1) is 43.2 Å². The van der Waals surface area contributed by atoms with Crippen LogP contribution in [0.2, 0.25) is 0 Å². The van der Waals surface area contributed by atoms with Crippen molar-refractivity contribution in [2.24, 2.45) is 50.7 Å². The van der Waals surface area contributed by atoms with Crippen molar-refractivity contribution in [1.29, 1.82) is 0 Å².